The molecule has 0 unspecified atom stereocenters. The molecule has 0 N–H and O–H groups in total. The SMILES string of the molecule is CCN(CCC1CCN(C(=O)C2CC=CC2)CC1)CC(C)C. The zero-order valence-corrected chi connectivity index (χ0v) is 14.8. The smallest absolute Gasteiger partial charge is 0.226 e. The predicted octanol–water partition coefficient (Wildman–Crippen LogP) is 3.56. The highest BCUT2D eigenvalue weighted by atomic mass is 16.2. The maximum atomic E-state index is 12.4. The van der Waals surface area contributed by atoms with Gasteiger partial charge in [-0.2, -0.15) is 0 Å². The van der Waals surface area contributed by atoms with Crippen LogP contribution in [0.25, 0.3) is 0 Å². The van der Waals surface area contributed by atoms with Gasteiger partial charge in [-0.25, -0.2) is 0 Å². The monoisotopic (exact) mass is 306 g/mol. The van der Waals surface area contributed by atoms with Crippen LogP contribution in [0.2, 0.25) is 0 Å². The van der Waals surface area contributed by atoms with Crippen LogP contribution in [-0.2, 0) is 4.79 Å². The van der Waals surface area contributed by atoms with Crippen molar-refractivity contribution in [2.24, 2.45) is 17.8 Å². The summed E-state index contributed by atoms with van der Waals surface area (Å²) in [6.07, 6.45) is 9.93. The minimum Gasteiger partial charge on any atom is -0.342 e. The van der Waals surface area contributed by atoms with Crippen LogP contribution in [0.1, 0.15) is 52.9 Å². The van der Waals surface area contributed by atoms with E-state index in [1.54, 1.807) is 0 Å². The van der Waals surface area contributed by atoms with Crippen molar-refractivity contribution in [3.63, 3.8) is 0 Å². The van der Waals surface area contributed by atoms with Gasteiger partial charge in [-0.15, -0.1) is 0 Å². The van der Waals surface area contributed by atoms with E-state index in [2.05, 4.69) is 42.7 Å². The molecule has 1 fully saturated rings. The molecule has 2 aliphatic rings. The van der Waals surface area contributed by atoms with Crippen LogP contribution in [-0.4, -0.2) is 48.4 Å². The molecular formula is C19H34N2O. The van der Waals surface area contributed by atoms with Gasteiger partial charge in [0.05, 0.1) is 0 Å². The summed E-state index contributed by atoms with van der Waals surface area (Å²) in [5.74, 6) is 2.21. The second kappa shape index (κ2) is 8.71. The third-order valence-electron chi connectivity index (χ3n) is 5.21. The van der Waals surface area contributed by atoms with Gasteiger partial charge >= 0.3 is 0 Å². The normalized spacial score (nSPS) is 20.5. The highest BCUT2D eigenvalue weighted by Crippen LogP contribution is 2.25. The Morgan fingerprint density at radius 1 is 1.23 bits per heavy atom. The molecule has 1 amide bonds. The molecule has 0 radical (unpaired) electrons. The largest absolute Gasteiger partial charge is 0.342 e. The highest BCUT2D eigenvalue weighted by Gasteiger charge is 2.28. The van der Waals surface area contributed by atoms with E-state index in [1.807, 2.05) is 0 Å². The molecule has 2 rings (SSSR count). The molecule has 1 saturated heterocycles. The second-order valence-electron chi connectivity index (χ2n) is 7.48. The van der Waals surface area contributed by atoms with Gasteiger partial charge < -0.3 is 9.80 Å². The third kappa shape index (κ3) is 5.12. The van der Waals surface area contributed by atoms with Crippen LogP contribution >= 0.6 is 0 Å². The Kier molecular flexibility index (Phi) is 6.94. The van der Waals surface area contributed by atoms with Gasteiger partial charge in [-0.05, 0) is 57.0 Å². The fraction of sp³-hybridized carbons (Fsp3) is 0.842. The summed E-state index contributed by atoms with van der Waals surface area (Å²) in [6.45, 7) is 12.4. The summed E-state index contributed by atoms with van der Waals surface area (Å²) in [4.78, 5) is 17.1. The zero-order chi connectivity index (χ0) is 15.9. The minimum atomic E-state index is 0.248. The Morgan fingerprint density at radius 3 is 2.41 bits per heavy atom. The molecule has 0 spiro atoms. The molecule has 0 atom stereocenters. The molecular weight excluding hydrogens is 272 g/mol. The molecule has 0 bridgehead atoms. The van der Waals surface area contributed by atoms with Gasteiger partial charge in [0.25, 0.3) is 0 Å². The average molecular weight is 306 g/mol. The van der Waals surface area contributed by atoms with Crippen LogP contribution in [0.4, 0.5) is 0 Å². The first-order chi connectivity index (χ1) is 10.6. The maximum Gasteiger partial charge on any atom is 0.226 e. The number of hydrogen-bond acceptors (Lipinski definition) is 2. The summed E-state index contributed by atoms with van der Waals surface area (Å²) < 4.78 is 0. The van der Waals surface area contributed by atoms with Crippen LogP contribution in [0.3, 0.4) is 0 Å². The average Bonchev–Trinajstić information content (AvgIpc) is 3.05. The zero-order valence-electron chi connectivity index (χ0n) is 14.8. The molecule has 22 heavy (non-hydrogen) atoms. The number of carbonyl (C=O) groups is 1. The lowest BCUT2D eigenvalue weighted by Gasteiger charge is -2.34. The van der Waals surface area contributed by atoms with E-state index in [1.165, 1.54) is 32.4 Å². The van der Waals surface area contributed by atoms with E-state index < -0.39 is 0 Å². The molecule has 126 valence electrons. The van der Waals surface area contributed by atoms with Gasteiger partial charge in [0.1, 0.15) is 0 Å². The molecule has 0 aromatic rings. The predicted molar refractivity (Wildman–Crippen MR) is 92.7 cm³/mol. The lowest BCUT2D eigenvalue weighted by atomic mass is 9.92. The molecule has 1 aliphatic heterocycles. The Morgan fingerprint density at radius 2 is 1.86 bits per heavy atom. The van der Waals surface area contributed by atoms with E-state index in [0.29, 0.717) is 5.91 Å². The number of likely N-dealkylation sites (tertiary alicyclic amines) is 1. The molecule has 3 nitrogen and oxygen atoms in total. The maximum absolute atomic E-state index is 12.4. The van der Waals surface area contributed by atoms with E-state index in [4.69, 9.17) is 0 Å². The number of amides is 1. The molecule has 0 aromatic heterocycles. The first-order valence-electron chi connectivity index (χ1n) is 9.26. The third-order valence-corrected chi connectivity index (χ3v) is 5.21. The number of carbonyl (C=O) groups excluding carboxylic acids is 1. The number of piperidine rings is 1. The summed E-state index contributed by atoms with van der Waals surface area (Å²) >= 11 is 0. The summed E-state index contributed by atoms with van der Waals surface area (Å²) in [5, 5.41) is 0. The van der Waals surface area contributed by atoms with Gasteiger partial charge in [0.15, 0.2) is 0 Å². The Labute approximate surface area is 136 Å². The summed E-state index contributed by atoms with van der Waals surface area (Å²) in [6, 6.07) is 0. The lowest BCUT2D eigenvalue weighted by molar-refractivity contribution is -0.136. The van der Waals surface area contributed by atoms with Crippen molar-refractivity contribution < 1.29 is 4.79 Å². The van der Waals surface area contributed by atoms with Crippen LogP contribution < -0.4 is 0 Å². The molecule has 1 aliphatic carbocycles. The molecule has 0 saturated carbocycles. The molecule has 1 heterocycles. The van der Waals surface area contributed by atoms with Crippen LogP contribution in [0, 0.1) is 17.8 Å². The number of nitrogens with zero attached hydrogens (tertiary/aromatic N) is 2. The highest BCUT2D eigenvalue weighted by molar-refractivity contribution is 5.79. The van der Waals surface area contributed by atoms with Crippen molar-refractivity contribution in [2.75, 3.05) is 32.7 Å². The Bertz CT molecular complexity index is 362. The van der Waals surface area contributed by atoms with Crippen LogP contribution in [0.15, 0.2) is 12.2 Å². The van der Waals surface area contributed by atoms with Crippen molar-refractivity contribution in [3.8, 4) is 0 Å². The lowest BCUT2D eigenvalue weighted by Crippen LogP contribution is -2.42. The van der Waals surface area contributed by atoms with Crippen molar-refractivity contribution in [1.82, 2.24) is 9.80 Å². The summed E-state index contributed by atoms with van der Waals surface area (Å²) in [7, 11) is 0. The van der Waals surface area contributed by atoms with E-state index in [9.17, 15) is 4.79 Å². The quantitative estimate of drug-likeness (QED) is 0.671. The minimum absolute atomic E-state index is 0.248. The van der Waals surface area contributed by atoms with Crippen molar-refractivity contribution >= 4 is 5.91 Å². The fourth-order valence-electron chi connectivity index (χ4n) is 3.78. The van der Waals surface area contributed by atoms with E-state index in [0.717, 1.165) is 44.3 Å². The number of hydrogen-bond donors (Lipinski definition) is 0. The fourth-order valence-corrected chi connectivity index (χ4v) is 3.78. The van der Waals surface area contributed by atoms with E-state index in [-0.39, 0.29) is 5.92 Å². The van der Waals surface area contributed by atoms with Crippen molar-refractivity contribution in [3.05, 3.63) is 12.2 Å². The summed E-state index contributed by atoms with van der Waals surface area (Å²) in [5.41, 5.74) is 0. The first kappa shape index (κ1) is 17.5. The van der Waals surface area contributed by atoms with Crippen molar-refractivity contribution in [2.45, 2.75) is 52.9 Å². The van der Waals surface area contributed by atoms with E-state index >= 15 is 0 Å². The number of rotatable bonds is 7. The standard InChI is InChI=1S/C19H34N2O/c1-4-20(15-16(2)3)12-9-17-10-13-21(14-11-17)19(22)18-7-5-6-8-18/h5-6,16-18H,4,7-15H2,1-3H3. The van der Waals surface area contributed by atoms with Gasteiger partial charge in [0, 0.05) is 25.6 Å². The van der Waals surface area contributed by atoms with Gasteiger partial charge in [-0.3, -0.25) is 4.79 Å². The molecule has 3 heteroatoms. The molecule has 0 aromatic carbocycles. The van der Waals surface area contributed by atoms with Gasteiger partial charge in [-0.1, -0.05) is 32.9 Å². The van der Waals surface area contributed by atoms with Gasteiger partial charge in [0.2, 0.25) is 5.91 Å². The topological polar surface area (TPSA) is 23.6 Å². The number of allylic oxidation sites excluding steroid dienone is 2. The Balaban J connectivity index is 1.67. The second-order valence-corrected chi connectivity index (χ2v) is 7.48. The first-order valence-corrected chi connectivity index (χ1v) is 9.26. The Hall–Kier alpha value is -0.830. The van der Waals surface area contributed by atoms with Crippen molar-refractivity contribution in [1.29, 1.82) is 0 Å². The van der Waals surface area contributed by atoms with Crippen LogP contribution in [0.5, 0.6) is 0 Å².